The van der Waals surface area contributed by atoms with Gasteiger partial charge in [0.15, 0.2) is 5.82 Å². The van der Waals surface area contributed by atoms with Crippen LogP contribution in [0.1, 0.15) is 5.82 Å². The topological polar surface area (TPSA) is 68.8 Å². The molecule has 5 nitrogen and oxygen atoms in total. The van der Waals surface area contributed by atoms with Crippen LogP contribution in [0.5, 0.6) is 0 Å². The second-order valence-corrected chi connectivity index (χ2v) is 3.34. The Balaban J connectivity index is 2.02. The van der Waals surface area contributed by atoms with Crippen molar-refractivity contribution in [2.75, 3.05) is 11.1 Å². The maximum absolute atomic E-state index is 5.66. The van der Waals surface area contributed by atoms with E-state index in [1.54, 1.807) is 6.33 Å². The second kappa shape index (κ2) is 4.00. The molecule has 0 aliphatic rings. The number of benzene rings is 1. The summed E-state index contributed by atoms with van der Waals surface area (Å²) in [4.78, 5) is 0. The first-order valence-electron chi connectivity index (χ1n) is 4.68. The van der Waals surface area contributed by atoms with Crippen LogP contribution in [0.2, 0.25) is 0 Å². The number of rotatable bonds is 3. The summed E-state index contributed by atoms with van der Waals surface area (Å²) in [5.41, 5.74) is 7.40. The molecular formula is C10H13N5. The Kier molecular flexibility index (Phi) is 2.53. The van der Waals surface area contributed by atoms with Crippen molar-refractivity contribution >= 4 is 11.4 Å². The van der Waals surface area contributed by atoms with E-state index in [1.807, 2.05) is 35.9 Å². The molecule has 2 rings (SSSR count). The maximum atomic E-state index is 5.66. The van der Waals surface area contributed by atoms with Crippen molar-refractivity contribution in [3.8, 4) is 0 Å². The molecule has 0 fully saturated rings. The van der Waals surface area contributed by atoms with Crippen LogP contribution in [-0.2, 0) is 13.6 Å². The van der Waals surface area contributed by atoms with Crippen LogP contribution in [0.15, 0.2) is 30.6 Å². The molecule has 0 aliphatic carbocycles. The molecule has 0 radical (unpaired) electrons. The van der Waals surface area contributed by atoms with Crippen LogP contribution < -0.4 is 11.1 Å². The lowest BCUT2D eigenvalue weighted by molar-refractivity contribution is 0.812. The number of nitrogen functional groups attached to an aromatic ring is 1. The van der Waals surface area contributed by atoms with Crippen LogP contribution in [-0.4, -0.2) is 14.8 Å². The largest absolute Gasteiger partial charge is 0.399 e. The second-order valence-electron chi connectivity index (χ2n) is 3.34. The molecule has 0 spiro atoms. The van der Waals surface area contributed by atoms with E-state index >= 15 is 0 Å². The SMILES string of the molecule is Cn1cnnc1CNc1cccc(N)c1. The molecule has 0 bridgehead atoms. The van der Waals surface area contributed by atoms with E-state index in [-0.39, 0.29) is 0 Å². The van der Waals surface area contributed by atoms with Crippen molar-refractivity contribution in [3.05, 3.63) is 36.4 Å². The minimum atomic E-state index is 0.639. The summed E-state index contributed by atoms with van der Waals surface area (Å²) in [5, 5.41) is 11.0. The van der Waals surface area contributed by atoms with Gasteiger partial charge >= 0.3 is 0 Å². The van der Waals surface area contributed by atoms with Gasteiger partial charge in [-0.25, -0.2) is 0 Å². The maximum Gasteiger partial charge on any atom is 0.151 e. The zero-order chi connectivity index (χ0) is 10.7. The molecule has 0 atom stereocenters. The van der Waals surface area contributed by atoms with Gasteiger partial charge in [-0.1, -0.05) is 6.07 Å². The Bertz CT molecular complexity index is 449. The van der Waals surface area contributed by atoms with Gasteiger partial charge in [-0.05, 0) is 18.2 Å². The predicted molar refractivity (Wildman–Crippen MR) is 59.2 cm³/mol. The molecule has 0 saturated carbocycles. The molecule has 78 valence electrons. The molecular weight excluding hydrogens is 190 g/mol. The number of nitrogens with two attached hydrogens (primary N) is 1. The van der Waals surface area contributed by atoms with Crippen LogP contribution in [0, 0.1) is 0 Å². The predicted octanol–water partition coefficient (Wildman–Crippen LogP) is 1.01. The number of hydrogen-bond donors (Lipinski definition) is 2. The van der Waals surface area contributed by atoms with Gasteiger partial charge < -0.3 is 15.6 Å². The van der Waals surface area contributed by atoms with Gasteiger partial charge in [-0.2, -0.15) is 0 Å². The normalized spacial score (nSPS) is 10.2. The van der Waals surface area contributed by atoms with Gasteiger partial charge in [0.05, 0.1) is 6.54 Å². The number of aryl methyl sites for hydroxylation is 1. The molecule has 0 aliphatic heterocycles. The van der Waals surface area contributed by atoms with Crippen molar-refractivity contribution in [1.82, 2.24) is 14.8 Å². The number of aromatic nitrogens is 3. The summed E-state index contributed by atoms with van der Waals surface area (Å²) in [6, 6.07) is 7.62. The number of nitrogens with one attached hydrogen (secondary N) is 1. The summed E-state index contributed by atoms with van der Waals surface area (Å²) < 4.78 is 1.87. The molecule has 1 heterocycles. The molecule has 0 amide bonds. The van der Waals surface area contributed by atoms with Crippen molar-refractivity contribution in [3.63, 3.8) is 0 Å². The molecule has 0 unspecified atom stereocenters. The van der Waals surface area contributed by atoms with Crippen molar-refractivity contribution in [1.29, 1.82) is 0 Å². The standard InChI is InChI=1S/C10H13N5/c1-15-7-13-14-10(15)6-12-9-4-2-3-8(11)5-9/h2-5,7,12H,6,11H2,1H3. The van der Waals surface area contributed by atoms with Gasteiger partial charge in [0.1, 0.15) is 6.33 Å². The molecule has 2 aromatic rings. The van der Waals surface area contributed by atoms with Crippen LogP contribution in [0.3, 0.4) is 0 Å². The summed E-state index contributed by atoms with van der Waals surface area (Å²) in [6.45, 7) is 0.639. The number of anilines is 2. The highest BCUT2D eigenvalue weighted by molar-refractivity contribution is 5.53. The fourth-order valence-electron chi connectivity index (χ4n) is 1.30. The third-order valence-corrected chi connectivity index (χ3v) is 2.14. The molecule has 1 aromatic carbocycles. The number of nitrogens with zero attached hydrogens (tertiary/aromatic N) is 3. The zero-order valence-electron chi connectivity index (χ0n) is 8.51. The lowest BCUT2D eigenvalue weighted by atomic mass is 10.3. The average Bonchev–Trinajstić information content (AvgIpc) is 2.61. The van der Waals surface area contributed by atoms with Crippen molar-refractivity contribution < 1.29 is 0 Å². The van der Waals surface area contributed by atoms with E-state index in [4.69, 9.17) is 5.73 Å². The monoisotopic (exact) mass is 203 g/mol. The summed E-state index contributed by atoms with van der Waals surface area (Å²) in [6.07, 6.45) is 1.68. The van der Waals surface area contributed by atoms with E-state index < -0.39 is 0 Å². The van der Waals surface area contributed by atoms with Crippen molar-refractivity contribution in [2.24, 2.45) is 7.05 Å². The molecule has 15 heavy (non-hydrogen) atoms. The quantitative estimate of drug-likeness (QED) is 0.730. The summed E-state index contributed by atoms with van der Waals surface area (Å²) >= 11 is 0. The lowest BCUT2D eigenvalue weighted by Gasteiger charge is -2.05. The smallest absolute Gasteiger partial charge is 0.151 e. The van der Waals surface area contributed by atoms with Gasteiger partial charge in [0.25, 0.3) is 0 Å². The molecule has 5 heteroatoms. The Labute approximate surface area is 87.9 Å². The van der Waals surface area contributed by atoms with E-state index in [9.17, 15) is 0 Å². The Morgan fingerprint density at radius 1 is 1.47 bits per heavy atom. The third kappa shape index (κ3) is 2.25. The average molecular weight is 203 g/mol. The number of hydrogen-bond acceptors (Lipinski definition) is 4. The van der Waals surface area contributed by atoms with Crippen LogP contribution in [0.25, 0.3) is 0 Å². The minimum Gasteiger partial charge on any atom is -0.399 e. The van der Waals surface area contributed by atoms with Crippen LogP contribution in [0.4, 0.5) is 11.4 Å². The Hall–Kier alpha value is -2.04. The van der Waals surface area contributed by atoms with Gasteiger partial charge in [0, 0.05) is 18.4 Å². The minimum absolute atomic E-state index is 0.639. The van der Waals surface area contributed by atoms with E-state index in [2.05, 4.69) is 15.5 Å². The first-order chi connectivity index (χ1) is 7.25. The zero-order valence-corrected chi connectivity index (χ0v) is 8.51. The van der Waals surface area contributed by atoms with E-state index in [0.717, 1.165) is 17.2 Å². The highest BCUT2D eigenvalue weighted by Crippen LogP contribution is 2.12. The summed E-state index contributed by atoms with van der Waals surface area (Å²) in [5.74, 6) is 0.887. The highest BCUT2D eigenvalue weighted by atomic mass is 15.3. The van der Waals surface area contributed by atoms with Crippen LogP contribution >= 0.6 is 0 Å². The fourth-order valence-corrected chi connectivity index (χ4v) is 1.30. The Morgan fingerprint density at radius 3 is 3.00 bits per heavy atom. The van der Waals surface area contributed by atoms with Crippen molar-refractivity contribution in [2.45, 2.75) is 6.54 Å². The fraction of sp³-hybridized carbons (Fsp3) is 0.200. The summed E-state index contributed by atoms with van der Waals surface area (Å²) in [7, 11) is 1.91. The van der Waals surface area contributed by atoms with E-state index in [0.29, 0.717) is 6.54 Å². The molecule has 0 saturated heterocycles. The first-order valence-corrected chi connectivity index (χ1v) is 4.68. The lowest BCUT2D eigenvalue weighted by Crippen LogP contribution is -2.05. The van der Waals surface area contributed by atoms with E-state index in [1.165, 1.54) is 0 Å². The first kappa shape index (κ1) is 9.51. The Morgan fingerprint density at radius 2 is 2.33 bits per heavy atom. The van der Waals surface area contributed by atoms with Gasteiger partial charge in [-0.3, -0.25) is 0 Å². The highest BCUT2D eigenvalue weighted by Gasteiger charge is 1.99. The molecule has 3 N–H and O–H groups in total. The van der Waals surface area contributed by atoms with Gasteiger partial charge in [-0.15, -0.1) is 10.2 Å². The molecule has 1 aromatic heterocycles. The third-order valence-electron chi connectivity index (χ3n) is 2.14. The van der Waals surface area contributed by atoms with Gasteiger partial charge in [0.2, 0.25) is 0 Å².